The first-order valence-electron chi connectivity index (χ1n) is 7.46. The molecule has 0 amide bonds. The van der Waals surface area contributed by atoms with E-state index in [2.05, 4.69) is 71.1 Å². The van der Waals surface area contributed by atoms with E-state index < -0.39 is 0 Å². The quantitative estimate of drug-likeness (QED) is 0.445. The smallest absolute Gasteiger partial charge is 1.00 e. The van der Waals surface area contributed by atoms with Crippen LogP contribution in [0.3, 0.4) is 0 Å². The van der Waals surface area contributed by atoms with Gasteiger partial charge in [0, 0.05) is 7.11 Å². The number of hydrogen-bond donors (Lipinski definition) is 0. The van der Waals surface area contributed by atoms with E-state index in [0.29, 0.717) is 0 Å². The number of rotatable bonds is 3. The summed E-state index contributed by atoms with van der Waals surface area (Å²) < 4.78 is 6.18. The zero-order valence-corrected chi connectivity index (χ0v) is 18.0. The molecule has 0 heterocycles. The fourth-order valence-electron chi connectivity index (χ4n) is 3.59. The van der Waals surface area contributed by atoms with E-state index in [1.54, 1.807) is 0 Å². The van der Waals surface area contributed by atoms with Crippen LogP contribution in [-0.4, -0.2) is 12.7 Å². The van der Waals surface area contributed by atoms with E-state index in [-0.39, 0.29) is 63.0 Å². The Balaban J connectivity index is 0. The Bertz CT molecular complexity index is 510. The Morgan fingerprint density at radius 3 is 2.13 bits per heavy atom. The van der Waals surface area contributed by atoms with Gasteiger partial charge < -0.3 is 29.6 Å². The molecule has 0 bridgehead atoms. The predicted molar refractivity (Wildman–Crippen MR) is 85.3 cm³/mol. The molecular formula is C19H27Cl2OTi. The van der Waals surface area contributed by atoms with E-state index in [1.807, 2.05) is 7.11 Å². The summed E-state index contributed by atoms with van der Waals surface area (Å²) in [5.41, 5.74) is 2.33. The molecule has 0 fully saturated rings. The number of halogens is 2. The Labute approximate surface area is 169 Å². The molecule has 0 saturated carbocycles. The molecule has 0 aromatic heterocycles. The largest absolute Gasteiger partial charge is 3.00 e. The average Bonchev–Trinajstić information content (AvgIpc) is 2.91. The molecule has 0 saturated heterocycles. The van der Waals surface area contributed by atoms with E-state index >= 15 is 0 Å². The van der Waals surface area contributed by atoms with Gasteiger partial charge in [0.15, 0.2) is 0 Å². The summed E-state index contributed by atoms with van der Waals surface area (Å²) in [6.07, 6.45) is 16.4. The average molecular weight is 390 g/mol. The van der Waals surface area contributed by atoms with Crippen LogP contribution in [0.4, 0.5) is 0 Å². The van der Waals surface area contributed by atoms with Crippen molar-refractivity contribution < 1.29 is 51.3 Å². The van der Waals surface area contributed by atoms with Crippen LogP contribution in [0.2, 0.25) is 0 Å². The van der Waals surface area contributed by atoms with Crippen LogP contribution in [0.15, 0.2) is 41.5 Å². The third-order valence-electron chi connectivity index (χ3n) is 4.77. The van der Waals surface area contributed by atoms with Crippen molar-refractivity contribution in [2.45, 2.75) is 53.1 Å². The molecule has 2 aliphatic carbocycles. The monoisotopic (exact) mass is 389 g/mol. The third kappa shape index (κ3) is 4.44. The molecule has 1 nitrogen and oxygen atoms in total. The van der Waals surface area contributed by atoms with Gasteiger partial charge in [-0.1, -0.05) is 52.8 Å². The van der Waals surface area contributed by atoms with Crippen LogP contribution in [0, 0.1) is 16.9 Å². The summed E-state index contributed by atoms with van der Waals surface area (Å²) in [6, 6.07) is 0. The number of ether oxygens (including phenoxy) is 1. The van der Waals surface area contributed by atoms with Gasteiger partial charge >= 0.3 is 21.7 Å². The van der Waals surface area contributed by atoms with Crippen molar-refractivity contribution in [2.24, 2.45) is 10.8 Å². The molecule has 1 atom stereocenters. The van der Waals surface area contributed by atoms with E-state index in [0.717, 1.165) is 12.8 Å². The summed E-state index contributed by atoms with van der Waals surface area (Å²) in [7, 11) is 1.85. The molecule has 1 radical (unpaired) electrons. The van der Waals surface area contributed by atoms with E-state index in [4.69, 9.17) is 4.74 Å². The van der Waals surface area contributed by atoms with Gasteiger partial charge in [0.1, 0.15) is 0 Å². The van der Waals surface area contributed by atoms with Crippen LogP contribution in [0.25, 0.3) is 0 Å². The Morgan fingerprint density at radius 1 is 1.09 bits per heavy atom. The first-order valence-corrected chi connectivity index (χ1v) is 7.46. The van der Waals surface area contributed by atoms with Crippen molar-refractivity contribution in [3.63, 3.8) is 0 Å². The minimum Gasteiger partial charge on any atom is -1.00 e. The van der Waals surface area contributed by atoms with Crippen molar-refractivity contribution in [2.75, 3.05) is 7.11 Å². The van der Waals surface area contributed by atoms with Crippen LogP contribution in [-0.2, 0) is 26.5 Å². The maximum Gasteiger partial charge on any atom is 3.00 e. The zero-order valence-electron chi connectivity index (χ0n) is 15.0. The molecule has 0 aromatic rings. The second-order valence-corrected chi connectivity index (χ2v) is 7.32. The molecule has 2 aliphatic rings. The van der Waals surface area contributed by atoms with Gasteiger partial charge in [-0.3, -0.25) is 6.08 Å². The summed E-state index contributed by atoms with van der Waals surface area (Å²) in [5.74, 6) is 0. The Hall–Kier alpha value is 0.214. The maximum atomic E-state index is 6.18. The van der Waals surface area contributed by atoms with Gasteiger partial charge in [0.25, 0.3) is 0 Å². The fraction of sp³-hybridized carbons (Fsp3) is 0.579. The van der Waals surface area contributed by atoms with Gasteiger partial charge in [0.05, 0.1) is 5.60 Å². The summed E-state index contributed by atoms with van der Waals surface area (Å²) >= 11 is 0. The van der Waals surface area contributed by atoms with Crippen molar-refractivity contribution in [3.05, 3.63) is 47.6 Å². The second kappa shape index (κ2) is 9.06. The van der Waals surface area contributed by atoms with Crippen LogP contribution in [0.5, 0.6) is 0 Å². The minimum absolute atomic E-state index is 0. The summed E-state index contributed by atoms with van der Waals surface area (Å²) in [5, 5.41) is 0. The molecule has 127 valence electrons. The number of hydrogen-bond acceptors (Lipinski definition) is 1. The molecule has 0 spiro atoms. The summed E-state index contributed by atoms with van der Waals surface area (Å²) in [4.78, 5) is 0. The molecule has 2 rings (SSSR count). The fourth-order valence-corrected chi connectivity index (χ4v) is 3.59. The number of allylic oxidation sites excluding steroid dienone is 5. The Kier molecular flexibility index (Phi) is 10.0. The van der Waals surface area contributed by atoms with Gasteiger partial charge in [-0.15, -0.1) is 6.42 Å². The molecule has 1 unspecified atom stereocenters. The topological polar surface area (TPSA) is 9.23 Å². The first-order chi connectivity index (χ1) is 9.25. The van der Waals surface area contributed by atoms with Crippen molar-refractivity contribution in [1.82, 2.24) is 0 Å². The molecule has 4 heteroatoms. The molecular weight excluding hydrogens is 363 g/mol. The predicted octanol–water partition coefficient (Wildman–Crippen LogP) is -0.975. The molecule has 0 N–H and O–H groups in total. The zero-order chi connectivity index (χ0) is 15.0. The minimum atomic E-state index is -0.295. The van der Waals surface area contributed by atoms with Crippen molar-refractivity contribution >= 4 is 0 Å². The normalized spacial score (nSPS) is 23.2. The standard InChI is InChI=1S/C19H27O.2ClH.Ti/c1-17(2,3)16-13-9-10-14-19(16,20-6)18(4,5)15-11-7-8-12-15;;;/h7,9-11,13H,8,14H2,1-6H3;2*1H;/q-1;;;+3/p-2. The van der Waals surface area contributed by atoms with Crippen LogP contribution >= 0.6 is 0 Å². The Morgan fingerprint density at radius 2 is 1.70 bits per heavy atom. The van der Waals surface area contributed by atoms with Crippen LogP contribution < -0.4 is 24.8 Å². The van der Waals surface area contributed by atoms with Gasteiger partial charge in [-0.05, 0) is 22.8 Å². The molecule has 23 heavy (non-hydrogen) atoms. The second-order valence-electron chi connectivity index (χ2n) is 7.32. The van der Waals surface area contributed by atoms with E-state index in [9.17, 15) is 0 Å². The maximum absolute atomic E-state index is 6.18. The van der Waals surface area contributed by atoms with Gasteiger partial charge in [-0.2, -0.15) is 6.08 Å². The molecule has 0 aliphatic heterocycles. The van der Waals surface area contributed by atoms with E-state index in [1.165, 1.54) is 11.1 Å². The van der Waals surface area contributed by atoms with Crippen molar-refractivity contribution in [3.8, 4) is 0 Å². The number of methoxy groups -OCH3 is 1. The molecule has 0 aromatic carbocycles. The van der Waals surface area contributed by atoms with Gasteiger partial charge in [0.2, 0.25) is 0 Å². The third-order valence-corrected chi connectivity index (χ3v) is 4.77. The SMILES string of the molecule is COC1(C(C)(C)C2=[C-]CC=C2)CC=CC=C1C(C)(C)C.[Cl-].[Cl-].[Ti+3]. The van der Waals surface area contributed by atoms with Gasteiger partial charge in [-0.25, -0.2) is 11.6 Å². The van der Waals surface area contributed by atoms with Crippen LogP contribution in [0.1, 0.15) is 47.5 Å². The first kappa shape index (κ1) is 25.5. The summed E-state index contributed by atoms with van der Waals surface area (Å²) in [6.45, 7) is 11.4. The van der Waals surface area contributed by atoms with Crippen molar-refractivity contribution in [1.29, 1.82) is 0 Å².